The number of hydrogen-bond acceptors (Lipinski definition) is 3. The summed E-state index contributed by atoms with van der Waals surface area (Å²) in [5.74, 6) is 0.980. The van der Waals surface area contributed by atoms with Crippen LogP contribution in [0.2, 0.25) is 0 Å². The normalized spacial score (nSPS) is 14.6. The number of nitrogens with one attached hydrogen (secondary N) is 1. The highest BCUT2D eigenvalue weighted by molar-refractivity contribution is 6.06. The minimum Gasteiger partial charge on any atom is -0.348 e. The van der Waals surface area contributed by atoms with Gasteiger partial charge in [0.25, 0.3) is 5.91 Å². The lowest BCUT2D eigenvalue weighted by Crippen LogP contribution is -2.41. The Morgan fingerprint density at radius 1 is 1.28 bits per heavy atom. The highest BCUT2D eigenvalue weighted by Gasteiger charge is 2.27. The van der Waals surface area contributed by atoms with Gasteiger partial charge in [0.15, 0.2) is 0 Å². The zero-order valence-electron chi connectivity index (χ0n) is 14.7. The quantitative estimate of drug-likeness (QED) is 0.789. The second-order valence-corrected chi connectivity index (χ2v) is 6.92. The van der Waals surface area contributed by atoms with E-state index in [4.69, 9.17) is 10.7 Å². The molecule has 1 aliphatic carbocycles. The number of pyridine rings is 1. The molecule has 0 radical (unpaired) electrons. The summed E-state index contributed by atoms with van der Waals surface area (Å²) in [5.41, 5.74) is 8.48. The maximum absolute atomic E-state index is 12.8. The smallest absolute Gasteiger partial charge is 0.252 e. The molecule has 1 fully saturated rings. The van der Waals surface area contributed by atoms with Gasteiger partial charge in [-0.05, 0) is 37.3 Å². The van der Waals surface area contributed by atoms with Crippen molar-refractivity contribution in [2.75, 3.05) is 6.54 Å². The van der Waals surface area contributed by atoms with Gasteiger partial charge in [0.1, 0.15) is 0 Å². The van der Waals surface area contributed by atoms with E-state index < -0.39 is 0 Å². The molecule has 3 rings (SSSR count). The number of hydrogen-bond donors (Lipinski definition) is 2. The fourth-order valence-electron chi connectivity index (χ4n) is 3.02. The fraction of sp³-hybridized carbons (Fsp3) is 0.474. The average Bonchev–Trinajstić information content (AvgIpc) is 3.37. The molecule has 1 heterocycles. The van der Waals surface area contributed by atoms with Crippen LogP contribution in [0.5, 0.6) is 0 Å². The number of halogens is 2. The summed E-state index contributed by atoms with van der Waals surface area (Å²) in [4.78, 5) is 17.5. The molecule has 3 N–H and O–H groups in total. The molecule has 25 heavy (non-hydrogen) atoms. The molecule has 0 spiro atoms. The van der Waals surface area contributed by atoms with Crippen molar-refractivity contribution in [2.24, 2.45) is 11.7 Å². The molecule has 1 aromatic heterocycles. The lowest BCUT2D eigenvalue weighted by Gasteiger charge is -2.19. The van der Waals surface area contributed by atoms with Gasteiger partial charge in [-0.3, -0.25) is 9.78 Å². The Bertz CT molecular complexity index is 717. The van der Waals surface area contributed by atoms with Crippen molar-refractivity contribution in [2.45, 2.75) is 45.1 Å². The summed E-state index contributed by atoms with van der Waals surface area (Å²) in [6, 6.07) is 9.85. The van der Waals surface area contributed by atoms with Crippen LogP contribution in [0.4, 0.5) is 0 Å². The Hall–Kier alpha value is -1.36. The van der Waals surface area contributed by atoms with Crippen LogP contribution < -0.4 is 11.1 Å². The van der Waals surface area contributed by atoms with Crippen LogP contribution in [-0.2, 0) is 0 Å². The van der Waals surface area contributed by atoms with E-state index in [1.807, 2.05) is 30.3 Å². The van der Waals surface area contributed by atoms with Gasteiger partial charge in [-0.2, -0.15) is 0 Å². The number of aromatic nitrogens is 1. The van der Waals surface area contributed by atoms with Crippen molar-refractivity contribution >= 4 is 41.6 Å². The Balaban J connectivity index is 0.00000156. The molecule has 1 saturated carbocycles. The van der Waals surface area contributed by atoms with Crippen molar-refractivity contribution in [1.82, 2.24) is 10.3 Å². The lowest BCUT2D eigenvalue weighted by atomic mass is 10.0. The molecule has 4 nitrogen and oxygen atoms in total. The van der Waals surface area contributed by atoms with Crippen molar-refractivity contribution in [3.05, 3.63) is 41.6 Å². The number of rotatable bonds is 6. The van der Waals surface area contributed by atoms with Gasteiger partial charge in [0.2, 0.25) is 0 Å². The van der Waals surface area contributed by atoms with Gasteiger partial charge in [0, 0.05) is 29.6 Å². The van der Waals surface area contributed by atoms with Crippen LogP contribution in [0, 0.1) is 5.92 Å². The van der Waals surface area contributed by atoms with E-state index in [1.165, 1.54) is 12.8 Å². The Morgan fingerprint density at radius 2 is 1.96 bits per heavy atom. The first-order valence-electron chi connectivity index (χ1n) is 8.49. The molecule has 1 amide bonds. The first-order valence-corrected chi connectivity index (χ1v) is 8.49. The van der Waals surface area contributed by atoms with E-state index in [2.05, 4.69) is 19.2 Å². The standard InChI is InChI=1S/C19H25N3O.2ClH/c1-12(2)9-14(11-20)21-19(23)16-10-18(13-7-8-13)22-17-6-4-3-5-15(16)17;;/h3-6,10,12-14H,7-9,11,20H2,1-2H3,(H,21,23);2*1H. The van der Waals surface area contributed by atoms with E-state index in [9.17, 15) is 4.79 Å². The molecule has 0 aliphatic heterocycles. The number of carbonyl (C=O) groups excluding carboxylic acids is 1. The average molecular weight is 384 g/mol. The van der Waals surface area contributed by atoms with E-state index in [0.29, 0.717) is 18.4 Å². The highest BCUT2D eigenvalue weighted by atomic mass is 35.5. The highest BCUT2D eigenvalue weighted by Crippen LogP contribution is 2.40. The maximum atomic E-state index is 12.8. The summed E-state index contributed by atoms with van der Waals surface area (Å²) in [6.07, 6.45) is 3.23. The molecule has 1 unspecified atom stereocenters. The van der Waals surface area contributed by atoms with Crippen LogP contribution in [-0.4, -0.2) is 23.5 Å². The van der Waals surface area contributed by atoms with Crippen LogP contribution in [0.1, 0.15) is 55.1 Å². The number of nitrogens with zero attached hydrogens (tertiary/aromatic N) is 1. The SMILES string of the molecule is CC(C)CC(CN)NC(=O)c1cc(C2CC2)nc2ccccc12.Cl.Cl. The van der Waals surface area contributed by atoms with Crippen LogP contribution in [0.25, 0.3) is 10.9 Å². The predicted octanol–water partition coefficient (Wildman–Crippen LogP) is 4.06. The summed E-state index contributed by atoms with van der Waals surface area (Å²) < 4.78 is 0. The van der Waals surface area contributed by atoms with Crippen molar-refractivity contribution in [3.8, 4) is 0 Å². The summed E-state index contributed by atoms with van der Waals surface area (Å²) in [6.45, 7) is 4.74. The van der Waals surface area contributed by atoms with Crippen molar-refractivity contribution in [3.63, 3.8) is 0 Å². The molecule has 0 saturated heterocycles. The van der Waals surface area contributed by atoms with Gasteiger partial charge in [-0.25, -0.2) is 0 Å². The first-order chi connectivity index (χ1) is 11.1. The topological polar surface area (TPSA) is 68.0 Å². The van der Waals surface area contributed by atoms with E-state index in [-0.39, 0.29) is 36.8 Å². The number of benzene rings is 1. The summed E-state index contributed by atoms with van der Waals surface area (Å²) >= 11 is 0. The number of fused-ring (bicyclic) bond motifs is 1. The molecule has 0 bridgehead atoms. The minimum atomic E-state index is -0.0402. The third-order valence-electron chi connectivity index (χ3n) is 4.35. The van der Waals surface area contributed by atoms with Gasteiger partial charge in [-0.15, -0.1) is 24.8 Å². The summed E-state index contributed by atoms with van der Waals surface area (Å²) in [7, 11) is 0. The number of carbonyl (C=O) groups is 1. The zero-order valence-corrected chi connectivity index (χ0v) is 16.3. The molecular formula is C19H27Cl2N3O. The Labute approximate surface area is 161 Å². The Morgan fingerprint density at radius 3 is 2.56 bits per heavy atom. The second-order valence-electron chi connectivity index (χ2n) is 6.92. The van der Waals surface area contributed by atoms with E-state index in [0.717, 1.165) is 28.6 Å². The molecule has 1 aliphatic rings. The summed E-state index contributed by atoms with van der Waals surface area (Å²) in [5, 5.41) is 4.01. The van der Waals surface area contributed by atoms with Crippen molar-refractivity contribution < 1.29 is 4.79 Å². The molecule has 1 atom stereocenters. The van der Waals surface area contributed by atoms with Crippen LogP contribution >= 0.6 is 24.8 Å². The first kappa shape index (κ1) is 21.7. The Kier molecular flexibility index (Phi) is 8.13. The molecule has 1 aromatic carbocycles. The number of nitrogens with two attached hydrogens (primary N) is 1. The van der Waals surface area contributed by atoms with Gasteiger partial charge >= 0.3 is 0 Å². The van der Waals surface area contributed by atoms with Gasteiger partial charge < -0.3 is 11.1 Å². The monoisotopic (exact) mass is 383 g/mol. The third-order valence-corrected chi connectivity index (χ3v) is 4.35. The van der Waals surface area contributed by atoms with Crippen molar-refractivity contribution in [1.29, 1.82) is 0 Å². The molecule has 138 valence electrons. The molecule has 6 heteroatoms. The van der Waals surface area contributed by atoms with E-state index in [1.54, 1.807) is 0 Å². The molecule has 2 aromatic rings. The maximum Gasteiger partial charge on any atom is 0.252 e. The largest absolute Gasteiger partial charge is 0.348 e. The second kappa shape index (κ2) is 9.37. The number of para-hydroxylation sites is 1. The lowest BCUT2D eigenvalue weighted by molar-refractivity contribution is 0.0935. The van der Waals surface area contributed by atoms with Crippen LogP contribution in [0.3, 0.4) is 0 Å². The zero-order chi connectivity index (χ0) is 16.4. The van der Waals surface area contributed by atoms with Gasteiger partial charge in [0.05, 0.1) is 11.1 Å². The third kappa shape index (κ3) is 5.30. The molecular weight excluding hydrogens is 357 g/mol. The fourth-order valence-corrected chi connectivity index (χ4v) is 3.02. The minimum absolute atomic E-state index is 0. The van der Waals surface area contributed by atoms with Gasteiger partial charge in [-0.1, -0.05) is 32.0 Å². The van der Waals surface area contributed by atoms with E-state index >= 15 is 0 Å². The number of amides is 1. The van der Waals surface area contributed by atoms with Crippen LogP contribution in [0.15, 0.2) is 30.3 Å². The predicted molar refractivity (Wildman–Crippen MR) is 108 cm³/mol.